The van der Waals surface area contributed by atoms with Crippen LogP contribution in [0.15, 0.2) is 6.33 Å². The zero-order chi connectivity index (χ0) is 13.8. The molecular weight excluding hydrogens is 264 g/mol. The molecule has 104 valence electrons. The molecule has 0 aliphatic carbocycles. The third-order valence-corrected chi connectivity index (χ3v) is 3.11. The summed E-state index contributed by atoms with van der Waals surface area (Å²) >= 11 is 1.30. The van der Waals surface area contributed by atoms with Crippen LogP contribution in [0.2, 0.25) is 0 Å². The fraction of sp³-hybridized carbons (Fsp3) is 0.545. The van der Waals surface area contributed by atoms with E-state index in [0.717, 1.165) is 17.2 Å². The highest BCUT2D eigenvalue weighted by molar-refractivity contribution is 7.11. The Labute approximate surface area is 116 Å². The average molecular weight is 282 g/mol. The molecule has 19 heavy (non-hydrogen) atoms. The van der Waals surface area contributed by atoms with Crippen LogP contribution in [0.3, 0.4) is 0 Å². The number of nitrogens with zero attached hydrogens (tertiary/aromatic N) is 4. The summed E-state index contributed by atoms with van der Waals surface area (Å²) < 4.78 is 11.4. The summed E-state index contributed by atoms with van der Waals surface area (Å²) in [6, 6.07) is 0. The molecule has 7 nitrogen and oxygen atoms in total. The van der Waals surface area contributed by atoms with Gasteiger partial charge in [0.1, 0.15) is 6.33 Å². The number of aryl methyl sites for hydroxylation is 1. The Morgan fingerprint density at radius 1 is 1.53 bits per heavy atom. The summed E-state index contributed by atoms with van der Waals surface area (Å²) in [7, 11) is 1.85. The first-order valence-corrected chi connectivity index (χ1v) is 6.83. The Hall–Kier alpha value is -1.83. The van der Waals surface area contributed by atoms with Crippen molar-refractivity contribution >= 4 is 22.4 Å². The zero-order valence-corrected chi connectivity index (χ0v) is 12.1. The number of nitrogens with one attached hydrogen (secondary N) is 1. The largest absolute Gasteiger partial charge is 0.484 e. The van der Waals surface area contributed by atoms with Gasteiger partial charge in [-0.2, -0.15) is 9.47 Å². The number of ether oxygens (including phenoxy) is 1. The number of rotatable bonds is 6. The topological polar surface area (TPSA) is 90.9 Å². The average Bonchev–Trinajstić information content (AvgIpc) is 2.89. The molecule has 2 aromatic rings. The molecule has 3 N–H and O–H groups in total. The molecule has 0 spiro atoms. The second-order valence-electron chi connectivity index (χ2n) is 4.40. The molecule has 2 rings (SSSR count). The van der Waals surface area contributed by atoms with E-state index in [-0.39, 0.29) is 6.10 Å². The molecule has 0 fully saturated rings. The van der Waals surface area contributed by atoms with Crippen LogP contribution >= 0.6 is 11.5 Å². The molecule has 0 amide bonds. The molecule has 0 radical (unpaired) electrons. The van der Waals surface area contributed by atoms with Gasteiger partial charge in [-0.05, 0) is 25.4 Å². The van der Waals surface area contributed by atoms with Crippen molar-refractivity contribution in [1.29, 1.82) is 0 Å². The minimum absolute atomic E-state index is 0.0664. The number of anilines is 2. The van der Waals surface area contributed by atoms with Crippen LogP contribution < -0.4 is 15.8 Å². The molecule has 0 aliphatic heterocycles. The Morgan fingerprint density at radius 2 is 2.32 bits per heavy atom. The quantitative estimate of drug-likeness (QED) is 0.829. The molecule has 0 aliphatic rings. The number of aromatic nitrogens is 4. The lowest BCUT2D eigenvalue weighted by atomic mass is 10.4. The Kier molecular flexibility index (Phi) is 4.20. The maximum Gasteiger partial charge on any atom is 0.197 e. The minimum Gasteiger partial charge on any atom is -0.484 e. The van der Waals surface area contributed by atoms with Crippen molar-refractivity contribution in [2.24, 2.45) is 7.05 Å². The fourth-order valence-electron chi connectivity index (χ4n) is 1.54. The molecule has 0 bridgehead atoms. The molecule has 0 unspecified atom stereocenters. The van der Waals surface area contributed by atoms with Gasteiger partial charge in [-0.1, -0.05) is 0 Å². The van der Waals surface area contributed by atoms with Gasteiger partial charge in [0.05, 0.1) is 6.10 Å². The second-order valence-corrected chi connectivity index (χ2v) is 5.18. The Bertz CT molecular complexity index is 535. The summed E-state index contributed by atoms with van der Waals surface area (Å²) in [6.45, 7) is 4.62. The molecule has 0 saturated heterocycles. The van der Waals surface area contributed by atoms with Gasteiger partial charge < -0.3 is 15.8 Å². The lowest BCUT2D eigenvalue weighted by Gasteiger charge is -2.11. The first-order valence-electron chi connectivity index (χ1n) is 6.06. The normalized spacial score (nSPS) is 10.9. The highest BCUT2D eigenvalue weighted by Gasteiger charge is 2.14. The van der Waals surface area contributed by atoms with Crippen LogP contribution in [0.5, 0.6) is 5.75 Å². The first kappa shape index (κ1) is 13.6. The lowest BCUT2D eigenvalue weighted by Crippen LogP contribution is -2.10. The molecule has 8 heteroatoms. The standard InChI is InChI=1S/C11H18N6OS/c1-7(2)18-9-10(12)16-19-11(9)13-5-4-8-14-6-17(3)15-8/h6-7,13H,4-5H2,1-3H3,(H2,12,16). The van der Waals surface area contributed by atoms with E-state index in [2.05, 4.69) is 19.8 Å². The third-order valence-electron chi connectivity index (χ3n) is 2.31. The van der Waals surface area contributed by atoms with E-state index in [1.54, 1.807) is 11.0 Å². The van der Waals surface area contributed by atoms with Crippen LogP contribution in [0.1, 0.15) is 19.7 Å². The van der Waals surface area contributed by atoms with E-state index in [4.69, 9.17) is 10.5 Å². The number of nitrogen functional groups attached to an aromatic ring is 1. The predicted molar refractivity (Wildman–Crippen MR) is 75.5 cm³/mol. The van der Waals surface area contributed by atoms with Gasteiger partial charge >= 0.3 is 0 Å². The van der Waals surface area contributed by atoms with E-state index in [9.17, 15) is 0 Å². The number of hydrogen-bond acceptors (Lipinski definition) is 7. The monoisotopic (exact) mass is 282 g/mol. The number of hydrogen-bond donors (Lipinski definition) is 2. The van der Waals surface area contributed by atoms with Crippen LogP contribution in [-0.4, -0.2) is 31.8 Å². The maximum absolute atomic E-state index is 5.78. The minimum atomic E-state index is 0.0664. The van der Waals surface area contributed by atoms with E-state index in [1.165, 1.54) is 11.5 Å². The molecule has 0 atom stereocenters. The maximum atomic E-state index is 5.78. The van der Waals surface area contributed by atoms with Crippen molar-refractivity contribution in [3.05, 3.63) is 12.2 Å². The van der Waals surface area contributed by atoms with E-state index in [0.29, 0.717) is 18.1 Å². The fourth-order valence-corrected chi connectivity index (χ4v) is 2.22. The van der Waals surface area contributed by atoms with Crippen LogP contribution in [0, 0.1) is 0 Å². The highest BCUT2D eigenvalue weighted by Crippen LogP contribution is 2.35. The highest BCUT2D eigenvalue weighted by atomic mass is 32.1. The van der Waals surface area contributed by atoms with Gasteiger partial charge in [-0.25, -0.2) is 4.98 Å². The van der Waals surface area contributed by atoms with Gasteiger partial charge in [-0.3, -0.25) is 4.68 Å². The van der Waals surface area contributed by atoms with E-state index >= 15 is 0 Å². The summed E-state index contributed by atoms with van der Waals surface area (Å²) in [4.78, 5) is 4.17. The summed E-state index contributed by atoms with van der Waals surface area (Å²) in [5, 5.41) is 8.32. The van der Waals surface area contributed by atoms with Crippen LogP contribution in [0.25, 0.3) is 0 Å². The van der Waals surface area contributed by atoms with Gasteiger partial charge in [0.25, 0.3) is 0 Å². The van der Waals surface area contributed by atoms with E-state index in [1.807, 2.05) is 20.9 Å². The Morgan fingerprint density at radius 3 is 2.95 bits per heavy atom. The molecule has 0 aromatic carbocycles. The predicted octanol–water partition coefficient (Wildman–Crippen LogP) is 1.30. The molecule has 2 aromatic heterocycles. The van der Waals surface area contributed by atoms with Gasteiger partial charge in [0.15, 0.2) is 22.4 Å². The van der Waals surface area contributed by atoms with Gasteiger partial charge in [0, 0.05) is 20.0 Å². The van der Waals surface area contributed by atoms with E-state index < -0.39 is 0 Å². The number of nitrogens with two attached hydrogens (primary N) is 1. The summed E-state index contributed by atoms with van der Waals surface area (Å²) in [5.41, 5.74) is 5.78. The van der Waals surface area contributed by atoms with Crippen molar-refractivity contribution in [3.63, 3.8) is 0 Å². The summed E-state index contributed by atoms with van der Waals surface area (Å²) in [5.74, 6) is 1.87. The van der Waals surface area contributed by atoms with Crippen molar-refractivity contribution in [2.75, 3.05) is 17.6 Å². The zero-order valence-electron chi connectivity index (χ0n) is 11.3. The smallest absolute Gasteiger partial charge is 0.197 e. The summed E-state index contributed by atoms with van der Waals surface area (Å²) in [6.07, 6.45) is 2.49. The Balaban J connectivity index is 1.92. The van der Waals surface area contributed by atoms with Gasteiger partial charge in [-0.15, -0.1) is 0 Å². The van der Waals surface area contributed by atoms with Crippen LogP contribution in [-0.2, 0) is 13.5 Å². The van der Waals surface area contributed by atoms with Crippen molar-refractivity contribution < 1.29 is 4.74 Å². The second kappa shape index (κ2) is 5.87. The van der Waals surface area contributed by atoms with Crippen molar-refractivity contribution in [2.45, 2.75) is 26.4 Å². The third kappa shape index (κ3) is 3.57. The molecule has 0 saturated carbocycles. The van der Waals surface area contributed by atoms with Crippen LogP contribution in [0.4, 0.5) is 10.8 Å². The SMILES string of the molecule is CC(C)Oc1c(N)nsc1NCCc1ncn(C)n1. The molecular formula is C11H18N6OS. The van der Waals surface area contributed by atoms with Gasteiger partial charge in [0.2, 0.25) is 0 Å². The first-order chi connectivity index (χ1) is 9.06. The molecule has 2 heterocycles. The van der Waals surface area contributed by atoms with Crippen molar-refractivity contribution in [1.82, 2.24) is 19.1 Å². The van der Waals surface area contributed by atoms with Crippen molar-refractivity contribution in [3.8, 4) is 5.75 Å². The lowest BCUT2D eigenvalue weighted by molar-refractivity contribution is 0.245.